The van der Waals surface area contributed by atoms with Gasteiger partial charge in [-0.2, -0.15) is 4.39 Å². The minimum atomic E-state index is -0.997. The van der Waals surface area contributed by atoms with Gasteiger partial charge in [-0.25, -0.2) is 4.39 Å². The van der Waals surface area contributed by atoms with Gasteiger partial charge in [-0.1, -0.05) is 18.2 Å². The van der Waals surface area contributed by atoms with Crippen LogP contribution in [0.2, 0.25) is 0 Å². The van der Waals surface area contributed by atoms with Crippen molar-refractivity contribution in [3.63, 3.8) is 0 Å². The lowest BCUT2D eigenvalue weighted by atomic mass is 10.2. The van der Waals surface area contributed by atoms with Crippen LogP contribution in [0.5, 0.6) is 11.5 Å². The Balaban J connectivity index is 2.28. The monoisotopic (exact) mass is 254 g/mol. The molecule has 0 atom stereocenters. The van der Waals surface area contributed by atoms with Crippen LogP contribution in [0.25, 0.3) is 0 Å². The van der Waals surface area contributed by atoms with Crippen LogP contribution in [-0.2, 0) is 5.88 Å². The highest BCUT2D eigenvalue weighted by Crippen LogP contribution is 2.26. The second-order valence-electron chi connectivity index (χ2n) is 3.44. The van der Waals surface area contributed by atoms with Crippen molar-refractivity contribution in [3.8, 4) is 11.5 Å². The molecule has 0 radical (unpaired) electrons. The summed E-state index contributed by atoms with van der Waals surface area (Å²) in [5.74, 6) is -1.31. The normalized spacial score (nSPS) is 10.3. The lowest BCUT2D eigenvalue weighted by molar-refractivity contribution is 0.416. The number of ether oxygens (including phenoxy) is 1. The van der Waals surface area contributed by atoms with Crippen LogP contribution < -0.4 is 4.74 Å². The van der Waals surface area contributed by atoms with Crippen LogP contribution in [0, 0.1) is 11.6 Å². The van der Waals surface area contributed by atoms with E-state index in [9.17, 15) is 8.78 Å². The Morgan fingerprint density at radius 3 is 2.59 bits per heavy atom. The predicted molar refractivity (Wildman–Crippen MR) is 62.4 cm³/mol. The number of rotatable bonds is 3. The number of halogens is 3. The third kappa shape index (κ3) is 2.74. The Bertz CT molecular complexity index is 529. The summed E-state index contributed by atoms with van der Waals surface area (Å²) < 4.78 is 31.6. The SMILES string of the molecule is Fc1cccc(Oc2cccc(CCl)c2)c1F. The zero-order valence-electron chi connectivity index (χ0n) is 8.79. The Morgan fingerprint density at radius 2 is 1.82 bits per heavy atom. The second kappa shape index (κ2) is 5.15. The van der Waals surface area contributed by atoms with Crippen molar-refractivity contribution in [2.45, 2.75) is 5.88 Å². The molecular formula is C13H9ClF2O. The van der Waals surface area contributed by atoms with Crippen molar-refractivity contribution in [2.75, 3.05) is 0 Å². The fourth-order valence-corrected chi connectivity index (χ4v) is 1.55. The van der Waals surface area contributed by atoms with Crippen LogP contribution in [0.1, 0.15) is 5.56 Å². The van der Waals surface area contributed by atoms with E-state index in [1.807, 2.05) is 6.07 Å². The van der Waals surface area contributed by atoms with Gasteiger partial charge in [0.25, 0.3) is 0 Å². The molecular weight excluding hydrogens is 246 g/mol. The van der Waals surface area contributed by atoms with Gasteiger partial charge in [0.2, 0.25) is 5.82 Å². The van der Waals surface area contributed by atoms with Gasteiger partial charge in [0, 0.05) is 5.88 Å². The van der Waals surface area contributed by atoms with Crippen molar-refractivity contribution in [3.05, 3.63) is 59.7 Å². The van der Waals surface area contributed by atoms with Crippen molar-refractivity contribution < 1.29 is 13.5 Å². The van der Waals surface area contributed by atoms with Crippen LogP contribution in [0.15, 0.2) is 42.5 Å². The van der Waals surface area contributed by atoms with Crippen molar-refractivity contribution in [1.29, 1.82) is 0 Å². The Morgan fingerprint density at radius 1 is 1.06 bits per heavy atom. The highest BCUT2D eigenvalue weighted by Gasteiger charge is 2.09. The predicted octanol–water partition coefficient (Wildman–Crippen LogP) is 4.50. The summed E-state index contributed by atoms with van der Waals surface area (Å²) in [7, 11) is 0. The Hall–Kier alpha value is -1.61. The first-order valence-electron chi connectivity index (χ1n) is 4.97. The largest absolute Gasteiger partial charge is 0.454 e. The van der Waals surface area contributed by atoms with Gasteiger partial charge in [-0.05, 0) is 29.8 Å². The summed E-state index contributed by atoms with van der Waals surface area (Å²) in [6, 6.07) is 10.7. The summed E-state index contributed by atoms with van der Waals surface area (Å²) in [4.78, 5) is 0. The van der Waals surface area contributed by atoms with Crippen molar-refractivity contribution in [1.82, 2.24) is 0 Å². The molecule has 0 saturated carbocycles. The van der Waals surface area contributed by atoms with E-state index in [2.05, 4.69) is 0 Å². The van der Waals surface area contributed by atoms with Crippen molar-refractivity contribution in [2.24, 2.45) is 0 Å². The van der Waals surface area contributed by atoms with E-state index in [0.717, 1.165) is 11.6 Å². The van der Waals surface area contributed by atoms with Gasteiger partial charge in [0.1, 0.15) is 5.75 Å². The van der Waals surface area contributed by atoms with E-state index in [1.165, 1.54) is 12.1 Å². The van der Waals surface area contributed by atoms with E-state index < -0.39 is 11.6 Å². The molecule has 17 heavy (non-hydrogen) atoms. The molecule has 0 amide bonds. The maximum absolute atomic E-state index is 13.3. The van der Waals surface area contributed by atoms with Crippen LogP contribution >= 0.6 is 11.6 Å². The lowest BCUT2D eigenvalue weighted by Gasteiger charge is -2.07. The third-order valence-electron chi connectivity index (χ3n) is 2.20. The van der Waals surface area contributed by atoms with Gasteiger partial charge in [0.05, 0.1) is 0 Å². The molecule has 0 fully saturated rings. The zero-order valence-corrected chi connectivity index (χ0v) is 9.55. The molecule has 0 aliphatic rings. The van der Waals surface area contributed by atoms with Gasteiger partial charge < -0.3 is 4.74 Å². The van der Waals surface area contributed by atoms with Gasteiger partial charge >= 0.3 is 0 Å². The number of alkyl halides is 1. The lowest BCUT2D eigenvalue weighted by Crippen LogP contribution is -1.91. The maximum Gasteiger partial charge on any atom is 0.201 e. The van der Waals surface area contributed by atoms with E-state index in [-0.39, 0.29) is 5.75 Å². The molecule has 0 heterocycles. The molecule has 0 aliphatic heterocycles. The first kappa shape index (κ1) is 11.9. The third-order valence-corrected chi connectivity index (χ3v) is 2.51. The van der Waals surface area contributed by atoms with E-state index in [1.54, 1.807) is 18.2 Å². The second-order valence-corrected chi connectivity index (χ2v) is 3.70. The number of benzene rings is 2. The summed E-state index contributed by atoms with van der Waals surface area (Å²) in [6.45, 7) is 0. The molecule has 0 saturated heterocycles. The molecule has 0 bridgehead atoms. The summed E-state index contributed by atoms with van der Waals surface area (Å²) in [5.41, 5.74) is 0.848. The van der Waals surface area contributed by atoms with E-state index >= 15 is 0 Å². The van der Waals surface area contributed by atoms with Gasteiger partial charge in [0.15, 0.2) is 11.6 Å². The number of hydrogen-bond acceptors (Lipinski definition) is 1. The molecule has 2 aromatic rings. The van der Waals surface area contributed by atoms with Gasteiger partial charge in [-0.15, -0.1) is 11.6 Å². The highest BCUT2D eigenvalue weighted by molar-refractivity contribution is 6.17. The molecule has 1 nitrogen and oxygen atoms in total. The van der Waals surface area contributed by atoms with Crippen LogP contribution in [0.4, 0.5) is 8.78 Å². The highest BCUT2D eigenvalue weighted by atomic mass is 35.5. The minimum absolute atomic E-state index is 0.142. The fraction of sp³-hybridized carbons (Fsp3) is 0.0769. The first-order chi connectivity index (χ1) is 8.20. The topological polar surface area (TPSA) is 9.23 Å². The molecule has 0 aromatic heterocycles. The average Bonchev–Trinajstić information content (AvgIpc) is 2.35. The van der Waals surface area contributed by atoms with Crippen molar-refractivity contribution >= 4 is 11.6 Å². The van der Waals surface area contributed by atoms with E-state index in [4.69, 9.17) is 16.3 Å². The molecule has 0 unspecified atom stereocenters. The quantitative estimate of drug-likeness (QED) is 0.733. The molecule has 2 rings (SSSR count). The summed E-state index contributed by atoms with van der Waals surface area (Å²) >= 11 is 5.67. The maximum atomic E-state index is 13.3. The Kier molecular flexibility index (Phi) is 3.59. The Labute approximate surface area is 103 Å². The molecule has 0 spiro atoms. The summed E-state index contributed by atoms with van der Waals surface area (Å²) in [6.07, 6.45) is 0. The zero-order chi connectivity index (χ0) is 12.3. The first-order valence-corrected chi connectivity index (χ1v) is 5.51. The molecule has 2 aromatic carbocycles. The van der Waals surface area contributed by atoms with Crippen LogP contribution in [0.3, 0.4) is 0 Å². The fourth-order valence-electron chi connectivity index (χ4n) is 1.38. The molecule has 88 valence electrons. The van der Waals surface area contributed by atoms with Crippen LogP contribution in [-0.4, -0.2) is 0 Å². The van der Waals surface area contributed by atoms with Gasteiger partial charge in [-0.3, -0.25) is 0 Å². The smallest absolute Gasteiger partial charge is 0.201 e. The molecule has 0 N–H and O–H groups in total. The molecule has 4 heteroatoms. The minimum Gasteiger partial charge on any atom is -0.454 e. The van der Waals surface area contributed by atoms with E-state index in [0.29, 0.717) is 11.6 Å². The number of hydrogen-bond donors (Lipinski definition) is 0. The molecule has 0 aliphatic carbocycles. The average molecular weight is 255 g/mol. The standard InChI is InChI=1S/C13H9ClF2O/c14-8-9-3-1-4-10(7-9)17-12-6-2-5-11(15)13(12)16/h1-7H,8H2. The summed E-state index contributed by atoms with van der Waals surface area (Å²) in [5, 5.41) is 0.